The van der Waals surface area contributed by atoms with E-state index in [2.05, 4.69) is 238 Å². The summed E-state index contributed by atoms with van der Waals surface area (Å²) in [5.41, 5.74) is 20.7. The van der Waals surface area contributed by atoms with E-state index in [1.54, 1.807) is 0 Å². The van der Waals surface area contributed by atoms with Crippen molar-refractivity contribution < 1.29 is 0 Å². The second-order valence-electron chi connectivity index (χ2n) is 22.8. The molecule has 0 spiro atoms. The Hall–Kier alpha value is -7.12. The summed E-state index contributed by atoms with van der Waals surface area (Å²) in [6.45, 7) is 14.5. The third-order valence-electron chi connectivity index (χ3n) is 17.8. The minimum Gasteiger partial charge on any atom is -0.334 e. The van der Waals surface area contributed by atoms with Crippen molar-refractivity contribution in [1.29, 1.82) is 0 Å². The van der Waals surface area contributed by atoms with Crippen LogP contribution in [0.5, 0.6) is 0 Å². The molecule has 9 aromatic carbocycles. The van der Waals surface area contributed by atoms with Crippen LogP contribution in [0.4, 0.5) is 45.5 Å². The van der Waals surface area contributed by atoms with Crippen molar-refractivity contribution in [3.05, 3.63) is 199 Å². The molecule has 0 amide bonds. The Bertz CT molecular complexity index is 4120. The molecule has 5 heterocycles. The molecule has 11 aromatic rings. The van der Waals surface area contributed by atoms with Crippen molar-refractivity contribution in [3.63, 3.8) is 0 Å². The van der Waals surface area contributed by atoms with Gasteiger partial charge in [-0.3, -0.25) is 0 Å². The summed E-state index contributed by atoms with van der Waals surface area (Å²) in [7, 11) is 0. The topological polar surface area (TPSA) is 9.72 Å². The van der Waals surface area contributed by atoms with E-state index in [4.69, 9.17) is 0 Å². The molecule has 6 heteroatoms. The Kier molecular flexibility index (Phi) is 9.20. The Balaban J connectivity index is 1.03. The molecular formula is C67H56BN3S2. The van der Waals surface area contributed by atoms with Gasteiger partial charge in [0, 0.05) is 75.2 Å². The first-order valence-electron chi connectivity index (χ1n) is 26.3. The zero-order chi connectivity index (χ0) is 49.1. The van der Waals surface area contributed by atoms with Crippen molar-refractivity contribution >= 4 is 132 Å². The molecular weight excluding hydrogens is 922 g/mol. The van der Waals surface area contributed by atoms with Crippen molar-refractivity contribution in [1.82, 2.24) is 0 Å². The van der Waals surface area contributed by atoms with E-state index in [0.717, 1.165) is 6.42 Å². The van der Waals surface area contributed by atoms with Crippen molar-refractivity contribution in [2.45, 2.75) is 83.6 Å². The Morgan fingerprint density at radius 3 is 1.93 bits per heavy atom. The molecule has 15 rings (SSSR count). The highest BCUT2D eigenvalue weighted by atomic mass is 32.1. The first-order valence-corrected chi connectivity index (χ1v) is 28.0. The van der Waals surface area contributed by atoms with E-state index in [9.17, 15) is 0 Å². The number of thiophene rings is 2. The van der Waals surface area contributed by atoms with Gasteiger partial charge in [-0.05, 0) is 143 Å². The monoisotopic (exact) mass is 977 g/mol. The van der Waals surface area contributed by atoms with E-state index < -0.39 is 0 Å². The van der Waals surface area contributed by atoms with Gasteiger partial charge in [-0.15, -0.1) is 22.7 Å². The number of hydrogen-bond donors (Lipinski definition) is 0. The van der Waals surface area contributed by atoms with Gasteiger partial charge in [0.25, 0.3) is 6.71 Å². The predicted molar refractivity (Wildman–Crippen MR) is 318 cm³/mol. The standard InChI is InChI=1S/C67H56BN3S2/c1-41-36-57-63-58(37-41)70(54-24-16-22-47-46-20-10-12-25-59(46)73-64(47)54)56-40-45(71-52-33-29-44(65(2,3)4)39-49(52)66(5)34-14-15-35-67(66,71)6)30-32-51(56)68(63)50-31-28-43(42-18-8-7-9-19-42)38-55(50)69(57)53-23-17-27-61-62(53)48-21-11-13-26-60(48)72-61/h7-13,16-33,36-40H,14-15,34-35H2,1-6H3. The number of hydrogen-bond acceptors (Lipinski definition) is 5. The maximum atomic E-state index is 2.79. The highest BCUT2D eigenvalue weighted by molar-refractivity contribution is 7.26. The van der Waals surface area contributed by atoms with Crippen LogP contribution in [-0.2, 0) is 10.8 Å². The molecule has 4 aliphatic rings. The summed E-state index contributed by atoms with van der Waals surface area (Å²) in [6.07, 6.45) is 4.84. The average molecular weight is 978 g/mol. The van der Waals surface area contributed by atoms with Gasteiger partial charge in [0.15, 0.2) is 0 Å². The molecule has 0 bridgehead atoms. The van der Waals surface area contributed by atoms with Gasteiger partial charge in [-0.25, -0.2) is 0 Å². The Morgan fingerprint density at radius 1 is 0.493 bits per heavy atom. The van der Waals surface area contributed by atoms with Crippen LogP contribution >= 0.6 is 22.7 Å². The van der Waals surface area contributed by atoms with Gasteiger partial charge in [0.2, 0.25) is 0 Å². The lowest BCUT2D eigenvalue weighted by molar-refractivity contribution is 0.195. The number of anilines is 8. The van der Waals surface area contributed by atoms with Crippen LogP contribution in [0.1, 0.15) is 77.0 Å². The molecule has 2 atom stereocenters. The number of benzene rings is 9. The first kappa shape index (κ1) is 43.5. The van der Waals surface area contributed by atoms with Crippen molar-refractivity contribution in [2.24, 2.45) is 0 Å². The van der Waals surface area contributed by atoms with Crippen LogP contribution in [0.25, 0.3) is 51.5 Å². The Labute approximate surface area is 437 Å². The second kappa shape index (κ2) is 15.5. The number of aryl methyl sites for hydroxylation is 1. The number of nitrogens with zero attached hydrogens (tertiary/aromatic N) is 3. The quantitative estimate of drug-likeness (QED) is 0.163. The van der Waals surface area contributed by atoms with E-state index in [1.807, 2.05) is 22.7 Å². The largest absolute Gasteiger partial charge is 0.334 e. The normalized spacial score (nSPS) is 18.9. The third-order valence-corrected chi connectivity index (χ3v) is 20.1. The fourth-order valence-electron chi connectivity index (χ4n) is 14.0. The molecule has 354 valence electrons. The van der Waals surface area contributed by atoms with Gasteiger partial charge in [-0.2, -0.15) is 0 Å². The van der Waals surface area contributed by atoms with Crippen LogP contribution < -0.4 is 31.1 Å². The summed E-state index contributed by atoms with van der Waals surface area (Å²) in [4.78, 5) is 8.11. The number of rotatable bonds is 4. The number of fused-ring (bicyclic) bond motifs is 13. The van der Waals surface area contributed by atoms with Crippen molar-refractivity contribution in [2.75, 3.05) is 14.7 Å². The highest BCUT2D eigenvalue weighted by Gasteiger charge is 2.58. The molecule has 3 nitrogen and oxygen atoms in total. The van der Waals surface area contributed by atoms with Gasteiger partial charge < -0.3 is 14.7 Å². The molecule has 73 heavy (non-hydrogen) atoms. The van der Waals surface area contributed by atoms with Crippen LogP contribution in [0.2, 0.25) is 0 Å². The maximum Gasteiger partial charge on any atom is 0.252 e. The second-order valence-corrected chi connectivity index (χ2v) is 25.0. The Morgan fingerprint density at radius 2 is 1.14 bits per heavy atom. The van der Waals surface area contributed by atoms with E-state index in [0.29, 0.717) is 0 Å². The molecule has 0 saturated heterocycles. The van der Waals surface area contributed by atoms with Gasteiger partial charge >= 0.3 is 0 Å². The summed E-state index contributed by atoms with van der Waals surface area (Å²) in [5.74, 6) is 0. The smallest absolute Gasteiger partial charge is 0.252 e. The predicted octanol–water partition coefficient (Wildman–Crippen LogP) is 17.5. The zero-order valence-electron chi connectivity index (χ0n) is 42.4. The third kappa shape index (κ3) is 6.05. The van der Waals surface area contributed by atoms with Crippen molar-refractivity contribution in [3.8, 4) is 11.1 Å². The summed E-state index contributed by atoms with van der Waals surface area (Å²) in [6, 6.07) is 70.2. The summed E-state index contributed by atoms with van der Waals surface area (Å²) >= 11 is 3.82. The molecule has 0 N–H and O–H groups in total. The first-order chi connectivity index (χ1) is 35.5. The molecule has 1 aliphatic carbocycles. The van der Waals surface area contributed by atoms with Crippen LogP contribution in [0.3, 0.4) is 0 Å². The summed E-state index contributed by atoms with van der Waals surface area (Å²) < 4.78 is 5.25. The van der Waals surface area contributed by atoms with E-state index >= 15 is 0 Å². The molecule has 1 fully saturated rings. The lowest BCUT2D eigenvalue weighted by Crippen LogP contribution is -2.61. The van der Waals surface area contributed by atoms with Crippen LogP contribution in [0.15, 0.2) is 182 Å². The average Bonchev–Trinajstić information content (AvgIpc) is 4.04. The molecule has 0 radical (unpaired) electrons. The van der Waals surface area contributed by atoms with E-state index in [1.165, 1.54) is 149 Å². The molecule has 2 aromatic heterocycles. The SMILES string of the molecule is Cc1cc2c3c(c1)N(c1cccc4sc5ccccc5c14)c1cc(-c4ccccc4)ccc1B3c1ccc(N3c4ccc(C(C)(C)C)cc4C4(C)CCCCC34C)cc1N2c1cccc2c1sc1ccccc12. The zero-order valence-corrected chi connectivity index (χ0v) is 44.0. The van der Waals surface area contributed by atoms with Crippen LogP contribution in [-0.4, -0.2) is 12.3 Å². The summed E-state index contributed by atoms with van der Waals surface area (Å²) in [5, 5.41) is 5.24. The van der Waals surface area contributed by atoms with Gasteiger partial charge in [-0.1, -0.05) is 156 Å². The lowest BCUT2D eigenvalue weighted by atomic mass is 9.33. The fourth-order valence-corrected chi connectivity index (χ4v) is 16.4. The minimum absolute atomic E-state index is 0.0115. The van der Waals surface area contributed by atoms with Gasteiger partial charge in [0.1, 0.15) is 0 Å². The van der Waals surface area contributed by atoms with E-state index in [-0.39, 0.29) is 23.1 Å². The highest BCUT2D eigenvalue weighted by Crippen LogP contribution is 2.62. The minimum atomic E-state index is -0.0936. The molecule has 1 saturated carbocycles. The van der Waals surface area contributed by atoms with Crippen LogP contribution in [0, 0.1) is 6.92 Å². The molecule has 3 aliphatic heterocycles. The van der Waals surface area contributed by atoms with Gasteiger partial charge in [0.05, 0.1) is 21.6 Å². The maximum absolute atomic E-state index is 2.79. The fraction of sp³-hybridized carbons (Fsp3) is 0.194. The molecule has 2 unspecified atom stereocenters. The lowest BCUT2D eigenvalue weighted by Gasteiger charge is -2.50.